The molecule has 2 heterocycles. The third-order valence-electron chi connectivity index (χ3n) is 3.43. The highest BCUT2D eigenvalue weighted by Crippen LogP contribution is 2.53. The van der Waals surface area contributed by atoms with Crippen molar-refractivity contribution in [2.45, 2.75) is 52.4 Å². The summed E-state index contributed by atoms with van der Waals surface area (Å²) in [7, 11) is 3.37. The Hall–Kier alpha value is -1.38. The second kappa shape index (κ2) is 4.06. The monoisotopic (exact) mass is 264 g/mol. The molecule has 0 aliphatic rings. The third-order valence-corrected chi connectivity index (χ3v) is 3.43. The summed E-state index contributed by atoms with van der Waals surface area (Å²) >= 11 is 0. The molecule has 3 nitrogen and oxygen atoms in total. The second-order valence-corrected chi connectivity index (χ2v) is 7.08. The maximum absolute atomic E-state index is 5.99. The molecule has 2 aromatic rings. The van der Waals surface area contributed by atoms with Crippen LogP contribution in [-0.2, 0) is 10.8 Å². The van der Waals surface area contributed by atoms with Crippen molar-refractivity contribution in [3.05, 3.63) is 11.1 Å². The fraction of sp³-hybridized carbons (Fsp3) is 0.625. The number of furan rings is 2. The number of fused-ring (bicyclic) bond motifs is 2. The van der Waals surface area contributed by atoms with Crippen LogP contribution in [0.3, 0.4) is 0 Å². The Kier molecular flexibility index (Phi) is 3.00. The number of methoxy groups -OCH3 is 2. The molecule has 19 heavy (non-hydrogen) atoms. The van der Waals surface area contributed by atoms with Crippen LogP contribution in [0, 0.1) is 0 Å². The molecule has 0 fully saturated rings. The zero-order valence-corrected chi connectivity index (χ0v) is 13.2. The lowest BCUT2D eigenvalue weighted by Gasteiger charge is -2.25. The number of benzene rings is 1. The molecule has 106 valence electrons. The lowest BCUT2D eigenvalue weighted by Crippen LogP contribution is -2.17. The number of ether oxygens (including phenoxy) is 2. The summed E-state index contributed by atoms with van der Waals surface area (Å²) in [5.41, 5.74) is 3.86. The first-order chi connectivity index (χ1) is 8.62. The molecular weight excluding hydrogens is 240 g/mol. The van der Waals surface area contributed by atoms with E-state index < -0.39 is 0 Å². The molecule has 2 aromatic heterocycles. The van der Waals surface area contributed by atoms with Crippen molar-refractivity contribution < 1.29 is 13.9 Å². The minimum absolute atomic E-state index is 0.0296. The van der Waals surface area contributed by atoms with Gasteiger partial charge in [0.25, 0.3) is 0 Å². The maximum atomic E-state index is 5.99. The van der Waals surface area contributed by atoms with Gasteiger partial charge < -0.3 is 13.9 Å². The first-order valence-corrected chi connectivity index (χ1v) is 6.63. The average molecular weight is 264 g/mol. The van der Waals surface area contributed by atoms with E-state index in [1.54, 1.807) is 14.2 Å². The molecule has 0 N–H and O–H groups in total. The van der Waals surface area contributed by atoms with Crippen LogP contribution in [0.25, 0.3) is 11.2 Å². The molecule has 0 aliphatic carbocycles. The van der Waals surface area contributed by atoms with E-state index in [0.29, 0.717) is 0 Å². The minimum Gasteiger partial charge on any atom is -0.492 e. The largest absolute Gasteiger partial charge is 0.492 e. The van der Waals surface area contributed by atoms with E-state index in [4.69, 9.17) is 13.9 Å². The number of hydrogen-bond acceptors (Lipinski definition) is 3. The Labute approximate surface area is 115 Å². The summed E-state index contributed by atoms with van der Waals surface area (Å²) in [4.78, 5) is 0. The van der Waals surface area contributed by atoms with E-state index in [-0.39, 0.29) is 10.8 Å². The average Bonchev–Trinajstić information content (AvgIpc) is 2.79. The van der Waals surface area contributed by atoms with Crippen LogP contribution in [0.5, 0.6) is 11.5 Å². The minimum atomic E-state index is -0.0296. The van der Waals surface area contributed by atoms with E-state index in [1.165, 1.54) is 0 Å². The van der Waals surface area contributed by atoms with Gasteiger partial charge in [-0.1, -0.05) is 41.5 Å². The molecule has 0 radical (unpaired) electrons. The maximum Gasteiger partial charge on any atom is 0.211 e. The normalized spacial score (nSPS) is 13.3. The van der Waals surface area contributed by atoms with Gasteiger partial charge in [0.2, 0.25) is 5.58 Å². The van der Waals surface area contributed by atoms with Gasteiger partial charge in [0, 0.05) is 11.1 Å². The van der Waals surface area contributed by atoms with Crippen molar-refractivity contribution in [1.29, 1.82) is 0 Å². The SMILES string of the molecule is COc1c(C(C)(C)C)c2oc1c(OC)c2C(C)(C)C. The van der Waals surface area contributed by atoms with Crippen LogP contribution in [-0.4, -0.2) is 14.2 Å². The Bertz CT molecular complexity index is 533. The van der Waals surface area contributed by atoms with Crippen LogP contribution < -0.4 is 9.47 Å². The standard InChI is InChI=1S/C16H24O3/c1-15(2,3)9-11-10(16(4,5)6)13(18-8)14(19-11)12(9)17-7/h1-8H3. The quantitative estimate of drug-likeness (QED) is 0.801. The van der Waals surface area contributed by atoms with Gasteiger partial charge in [0.05, 0.1) is 14.2 Å². The van der Waals surface area contributed by atoms with Crippen molar-refractivity contribution in [3.8, 4) is 11.5 Å². The predicted octanol–water partition coefficient (Wildman–Crippen LogP) is 4.48. The first-order valence-electron chi connectivity index (χ1n) is 6.63. The van der Waals surface area contributed by atoms with Crippen LogP contribution in [0.4, 0.5) is 0 Å². The lowest BCUT2D eigenvalue weighted by molar-refractivity contribution is 0.384. The number of rotatable bonds is 2. The van der Waals surface area contributed by atoms with E-state index >= 15 is 0 Å². The van der Waals surface area contributed by atoms with Gasteiger partial charge in [0.15, 0.2) is 11.5 Å². The van der Waals surface area contributed by atoms with Gasteiger partial charge in [0.1, 0.15) is 5.58 Å². The van der Waals surface area contributed by atoms with Crippen molar-refractivity contribution in [2.24, 2.45) is 0 Å². The predicted molar refractivity (Wildman–Crippen MR) is 77.9 cm³/mol. The van der Waals surface area contributed by atoms with Crippen LogP contribution in [0.15, 0.2) is 4.42 Å². The van der Waals surface area contributed by atoms with Gasteiger partial charge in [-0.2, -0.15) is 0 Å². The molecule has 0 spiro atoms. The number of hydrogen-bond donors (Lipinski definition) is 0. The van der Waals surface area contributed by atoms with Gasteiger partial charge in [-0.25, -0.2) is 0 Å². The smallest absolute Gasteiger partial charge is 0.211 e. The van der Waals surface area contributed by atoms with Gasteiger partial charge in [-0.15, -0.1) is 0 Å². The van der Waals surface area contributed by atoms with Crippen molar-refractivity contribution in [3.63, 3.8) is 0 Å². The molecule has 0 saturated heterocycles. The van der Waals surface area contributed by atoms with Crippen LogP contribution in [0.1, 0.15) is 52.7 Å². The molecular formula is C16H24O3. The second-order valence-electron chi connectivity index (χ2n) is 7.08. The Morgan fingerprint density at radius 3 is 1.32 bits per heavy atom. The molecule has 0 aliphatic heterocycles. The zero-order valence-electron chi connectivity index (χ0n) is 13.2. The highest BCUT2D eigenvalue weighted by Gasteiger charge is 2.38. The molecule has 0 unspecified atom stereocenters. The van der Waals surface area contributed by atoms with Gasteiger partial charge in [-0.05, 0) is 10.8 Å². The Morgan fingerprint density at radius 2 is 1.05 bits per heavy atom. The molecule has 0 aromatic carbocycles. The molecule has 2 rings (SSSR count). The summed E-state index contributed by atoms with van der Waals surface area (Å²) < 4.78 is 17.1. The van der Waals surface area contributed by atoms with Crippen molar-refractivity contribution in [1.82, 2.24) is 0 Å². The summed E-state index contributed by atoms with van der Waals surface area (Å²) in [6.07, 6.45) is 0. The molecule has 3 heteroatoms. The van der Waals surface area contributed by atoms with Crippen molar-refractivity contribution >= 4 is 11.2 Å². The van der Waals surface area contributed by atoms with E-state index in [1.807, 2.05) is 0 Å². The first kappa shape index (κ1) is 14.0. The summed E-state index contributed by atoms with van der Waals surface area (Å²) in [6.45, 7) is 13.0. The molecule has 0 atom stereocenters. The fourth-order valence-corrected chi connectivity index (χ4v) is 2.71. The van der Waals surface area contributed by atoms with E-state index in [2.05, 4.69) is 41.5 Å². The van der Waals surface area contributed by atoms with Gasteiger partial charge in [-0.3, -0.25) is 0 Å². The third kappa shape index (κ3) is 1.96. The molecule has 0 amide bonds. The Balaban J connectivity index is 2.86. The highest BCUT2D eigenvalue weighted by molar-refractivity contribution is 5.89. The molecule has 2 bridgehead atoms. The zero-order chi connectivity index (χ0) is 14.6. The topological polar surface area (TPSA) is 31.6 Å². The van der Waals surface area contributed by atoms with E-state index in [9.17, 15) is 0 Å². The summed E-state index contributed by atoms with van der Waals surface area (Å²) in [5.74, 6) is 1.62. The van der Waals surface area contributed by atoms with Crippen molar-refractivity contribution in [2.75, 3.05) is 14.2 Å². The Morgan fingerprint density at radius 1 is 0.684 bits per heavy atom. The summed E-state index contributed by atoms with van der Waals surface area (Å²) in [6, 6.07) is 0. The fourth-order valence-electron chi connectivity index (χ4n) is 2.71. The van der Waals surface area contributed by atoms with Crippen LogP contribution in [0.2, 0.25) is 0 Å². The summed E-state index contributed by atoms with van der Waals surface area (Å²) in [5, 5.41) is 0. The molecule has 0 saturated carbocycles. The van der Waals surface area contributed by atoms with E-state index in [0.717, 1.165) is 33.8 Å². The van der Waals surface area contributed by atoms with Gasteiger partial charge >= 0.3 is 0 Å². The lowest BCUT2D eigenvalue weighted by atomic mass is 9.79. The highest BCUT2D eigenvalue weighted by atomic mass is 16.5. The van der Waals surface area contributed by atoms with Crippen LogP contribution >= 0.6 is 0 Å².